The van der Waals surface area contributed by atoms with Crippen LogP contribution in [-0.4, -0.2) is 36.0 Å². The fraction of sp³-hybridized carbons (Fsp3) is 0.391. The maximum Gasteiger partial charge on any atom is 0.253 e. The highest BCUT2D eigenvalue weighted by atomic mass is 35.5. The van der Waals surface area contributed by atoms with Crippen molar-refractivity contribution < 1.29 is 13.5 Å². The monoisotopic (exact) mass is 418 g/mol. The number of hydrogen-bond donors (Lipinski definition) is 1. The fourth-order valence-corrected chi connectivity index (χ4v) is 4.44. The minimum atomic E-state index is -2.63. The van der Waals surface area contributed by atoms with Gasteiger partial charge in [0.25, 0.3) is 5.92 Å². The number of H-pyrrole nitrogens is 1. The topological polar surface area (TPSA) is 28.3 Å². The Hall–Kier alpha value is -2.11. The maximum absolute atomic E-state index is 14.6. The number of aromatic amines is 1. The molecule has 4 rings (SSSR count). The largest absolute Gasteiger partial charge is 0.496 e. The molecular formula is C23H25ClF2N2O. The highest BCUT2D eigenvalue weighted by Gasteiger charge is 2.43. The van der Waals surface area contributed by atoms with E-state index in [2.05, 4.69) is 9.88 Å². The second-order valence-corrected chi connectivity index (χ2v) is 8.23. The van der Waals surface area contributed by atoms with E-state index in [1.54, 1.807) is 7.11 Å². The van der Waals surface area contributed by atoms with E-state index in [0.717, 1.165) is 27.8 Å². The Labute approximate surface area is 174 Å². The van der Waals surface area contributed by atoms with Gasteiger partial charge in [-0.15, -0.1) is 0 Å². The van der Waals surface area contributed by atoms with Crippen LogP contribution in [0.15, 0.2) is 48.7 Å². The molecule has 1 aliphatic heterocycles. The molecule has 6 heteroatoms. The number of halogens is 3. The summed E-state index contributed by atoms with van der Waals surface area (Å²) in [5.74, 6) is -2.53. The number of alkyl halides is 2. The average molecular weight is 419 g/mol. The number of ether oxygens (including phenoxy) is 1. The number of fused-ring (bicyclic) bond motifs is 1. The Morgan fingerprint density at radius 3 is 2.86 bits per heavy atom. The standard InChI is InChI=1S/C23H25ClF2N2O/c1-29-22-5-3-2-4-16(22)6-7-18-15-28(11-10-23(18,25)26)14-17-13-27-21-12-19(24)8-9-20(17)21/h2-5,8-9,12-13,18,27H,6-7,10-11,14-15H2,1H3. The van der Waals surface area contributed by atoms with Gasteiger partial charge >= 0.3 is 0 Å². The van der Waals surface area contributed by atoms with Crippen LogP contribution in [0.4, 0.5) is 8.78 Å². The first kappa shape index (κ1) is 20.2. The summed E-state index contributed by atoms with van der Waals surface area (Å²) in [7, 11) is 1.62. The molecule has 1 aliphatic rings. The number of hydrogen-bond acceptors (Lipinski definition) is 2. The molecule has 1 unspecified atom stereocenters. The molecule has 3 nitrogen and oxygen atoms in total. The Morgan fingerprint density at radius 1 is 1.21 bits per heavy atom. The molecular weight excluding hydrogens is 394 g/mol. The number of nitrogens with one attached hydrogen (secondary N) is 1. The van der Waals surface area contributed by atoms with E-state index in [9.17, 15) is 8.78 Å². The molecule has 3 aromatic rings. The first-order chi connectivity index (χ1) is 14.0. The van der Waals surface area contributed by atoms with Gasteiger partial charge in [-0.2, -0.15) is 0 Å². The molecule has 2 heterocycles. The predicted molar refractivity (Wildman–Crippen MR) is 113 cm³/mol. The lowest BCUT2D eigenvalue weighted by atomic mass is 9.87. The number of para-hydroxylation sites is 1. The summed E-state index contributed by atoms with van der Waals surface area (Å²) in [5, 5.41) is 1.78. The molecule has 1 N–H and O–H groups in total. The average Bonchev–Trinajstić information content (AvgIpc) is 3.10. The zero-order chi connectivity index (χ0) is 20.4. The quantitative estimate of drug-likeness (QED) is 0.538. The SMILES string of the molecule is COc1ccccc1CCC1CN(Cc2c[nH]c3cc(Cl)ccc23)CCC1(F)F. The van der Waals surface area contributed by atoms with Crippen LogP contribution in [0.1, 0.15) is 24.0 Å². The highest BCUT2D eigenvalue weighted by Crippen LogP contribution is 2.37. The number of likely N-dealkylation sites (tertiary alicyclic amines) is 1. The number of rotatable bonds is 6. The van der Waals surface area contributed by atoms with E-state index in [4.69, 9.17) is 16.3 Å². The van der Waals surface area contributed by atoms with E-state index in [1.165, 1.54) is 0 Å². The van der Waals surface area contributed by atoms with Gasteiger partial charge in [-0.05, 0) is 42.2 Å². The van der Waals surface area contributed by atoms with Crippen molar-refractivity contribution in [2.24, 2.45) is 5.92 Å². The molecule has 1 aromatic heterocycles. The fourth-order valence-electron chi connectivity index (χ4n) is 4.26. The number of benzene rings is 2. The molecule has 1 saturated heterocycles. The lowest BCUT2D eigenvalue weighted by Crippen LogP contribution is -2.46. The van der Waals surface area contributed by atoms with Crippen molar-refractivity contribution in [2.45, 2.75) is 31.7 Å². The van der Waals surface area contributed by atoms with Crippen molar-refractivity contribution in [2.75, 3.05) is 20.2 Å². The van der Waals surface area contributed by atoms with Crippen LogP contribution in [0.5, 0.6) is 5.75 Å². The summed E-state index contributed by atoms with van der Waals surface area (Å²) in [4.78, 5) is 5.37. The molecule has 0 amide bonds. The van der Waals surface area contributed by atoms with E-state index in [-0.39, 0.29) is 6.42 Å². The Morgan fingerprint density at radius 2 is 2.03 bits per heavy atom. The number of aryl methyl sites for hydroxylation is 1. The van der Waals surface area contributed by atoms with Gasteiger partial charge in [0.2, 0.25) is 0 Å². The molecule has 0 aliphatic carbocycles. The third-order valence-electron chi connectivity index (χ3n) is 5.92. The maximum atomic E-state index is 14.6. The summed E-state index contributed by atoms with van der Waals surface area (Å²) >= 11 is 6.05. The lowest BCUT2D eigenvalue weighted by Gasteiger charge is -2.38. The van der Waals surface area contributed by atoms with Crippen LogP contribution >= 0.6 is 11.6 Å². The number of piperidine rings is 1. The summed E-state index contributed by atoms with van der Waals surface area (Å²) in [6.45, 7) is 1.45. The normalized spacial score (nSPS) is 19.5. The minimum absolute atomic E-state index is 0.0994. The van der Waals surface area contributed by atoms with Crippen LogP contribution in [0.3, 0.4) is 0 Å². The van der Waals surface area contributed by atoms with E-state index < -0.39 is 11.8 Å². The second kappa shape index (κ2) is 8.33. The predicted octanol–water partition coefficient (Wildman–Crippen LogP) is 5.92. The highest BCUT2D eigenvalue weighted by molar-refractivity contribution is 6.31. The van der Waals surface area contributed by atoms with Crippen LogP contribution in [0, 0.1) is 5.92 Å². The molecule has 0 spiro atoms. The van der Waals surface area contributed by atoms with Crippen molar-refractivity contribution in [3.8, 4) is 5.75 Å². The van der Waals surface area contributed by atoms with Gasteiger partial charge in [-0.1, -0.05) is 35.9 Å². The van der Waals surface area contributed by atoms with Gasteiger partial charge in [-0.3, -0.25) is 4.90 Å². The van der Waals surface area contributed by atoms with Gasteiger partial charge in [0, 0.05) is 54.1 Å². The van der Waals surface area contributed by atoms with Crippen LogP contribution < -0.4 is 4.74 Å². The number of nitrogens with zero attached hydrogens (tertiary/aromatic N) is 1. The summed E-state index contributed by atoms with van der Waals surface area (Å²) < 4.78 is 34.6. The Bertz CT molecular complexity index is 988. The molecule has 0 bridgehead atoms. The lowest BCUT2D eigenvalue weighted by molar-refractivity contribution is -0.109. The van der Waals surface area contributed by atoms with Gasteiger partial charge in [0.1, 0.15) is 5.75 Å². The summed E-state index contributed by atoms with van der Waals surface area (Å²) in [6, 6.07) is 13.4. The van der Waals surface area contributed by atoms with Crippen LogP contribution in [-0.2, 0) is 13.0 Å². The summed E-state index contributed by atoms with van der Waals surface area (Å²) in [6.07, 6.45) is 2.88. The smallest absolute Gasteiger partial charge is 0.253 e. The molecule has 2 aromatic carbocycles. The molecule has 0 saturated carbocycles. The third-order valence-corrected chi connectivity index (χ3v) is 6.15. The van der Waals surface area contributed by atoms with Crippen molar-refractivity contribution >= 4 is 22.5 Å². The second-order valence-electron chi connectivity index (χ2n) is 7.80. The summed E-state index contributed by atoms with van der Waals surface area (Å²) in [5.41, 5.74) is 3.07. The van der Waals surface area contributed by atoms with Crippen molar-refractivity contribution in [1.29, 1.82) is 0 Å². The zero-order valence-corrected chi connectivity index (χ0v) is 17.2. The first-order valence-electron chi connectivity index (χ1n) is 9.94. The molecule has 1 atom stereocenters. The zero-order valence-electron chi connectivity index (χ0n) is 16.4. The molecule has 154 valence electrons. The van der Waals surface area contributed by atoms with Crippen molar-refractivity contribution in [1.82, 2.24) is 9.88 Å². The Balaban J connectivity index is 1.45. The molecule has 29 heavy (non-hydrogen) atoms. The number of aromatic nitrogens is 1. The van der Waals surface area contributed by atoms with Gasteiger partial charge in [0.15, 0.2) is 0 Å². The van der Waals surface area contributed by atoms with Gasteiger partial charge < -0.3 is 9.72 Å². The van der Waals surface area contributed by atoms with Crippen LogP contribution in [0.2, 0.25) is 5.02 Å². The first-order valence-corrected chi connectivity index (χ1v) is 10.3. The third kappa shape index (κ3) is 4.41. The van der Waals surface area contributed by atoms with E-state index in [1.807, 2.05) is 48.7 Å². The van der Waals surface area contributed by atoms with Gasteiger partial charge in [0.05, 0.1) is 7.11 Å². The van der Waals surface area contributed by atoms with Crippen molar-refractivity contribution in [3.05, 3.63) is 64.8 Å². The van der Waals surface area contributed by atoms with Gasteiger partial charge in [-0.25, -0.2) is 8.78 Å². The molecule has 0 radical (unpaired) electrons. The molecule has 1 fully saturated rings. The van der Waals surface area contributed by atoms with Crippen molar-refractivity contribution in [3.63, 3.8) is 0 Å². The minimum Gasteiger partial charge on any atom is -0.496 e. The van der Waals surface area contributed by atoms with Crippen LogP contribution in [0.25, 0.3) is 10.9 Å². The van der Waals surface area contributed by atoms with E-state index in [0.29, 0.717) is 37.5 Å². The Kier molecular flexibility index (Phi) is 5.79. The van der Waals surface area contributed by atoms with E-state index >= 15 is 0 Å². The number of methoxy groups -OCH3 is 1.